The zero-order chi connectivity index (χ0) is 10.3. The minimum absolute atomic E-state index is 0.297. The molecule has 1 aliphatic carbocycles. The maximum Gasteiger partial charge on any atom is 0.0219 e. The molecular formula is C13H15Br. The van der Waals surface area contributed by atoms with Crippen molar-refractivity contribution in [2.24, 2.45) is 5.41 Å². The first kappa shape index (κ1) is 9.97. The highest BCUT2D eigenvalue weighted by atomic mass is 79.9. The molecule has 0 aliphatic heterocycles. The van der Waals surface area contributed by atoms with E-state index in [4.69, 9.17) is 0 Å². The molecular weight excluding hydrogens is 236 g/mol. The zero-order valence-electron chi connectivity index (χ0n) is 8.84. The van der Waals surface area contributed by atoms with Gasteiger partial charge in [-0.3, -0.25) is 0 Å². The quantitative estimate of drug-likeness (QED) is 0.631. The monoisotopic (exact) mass is 250 g/mol. The maximum absolute atomic E-state index is 3.64. The molecule has 0 heterocycles. The van der Waals surface area contributed by atoms with Crippen molar-refractivity contribution in [3.63, 3.8) is 0 Å². The Kier molecular flexibility index (Phi) is 2.30. The van der Waals surface area contributed by atoms with Crippen molar-refractivity contribution in [2.45, 2.75) is 26.7 Å². The number of hydrogen-bond acceptors (Lipinski definition) is 0. The molecule has 1 aromatic rings. The van der Waals surface area contributed by atoms with Crippen LogP contribution in [0.1, 0.15) is 37.8 Å². The van der Waals surface area contributed by atoms with Crippen molar-refractivity contribution >= 4 is 22.0 Å². The lowest BCUT2D eigenvalue weighted by Crippen LogP contribution is -2.15. The van der Waals surface area contributed by atoms with E-state index in [-0.39, 0.29) is 0 Å². The van der Waals surface area contributed by atoms with Gasteiger partial charge in [-0.15, -0.1) is 0 Å². The summed E-state index contributed by atoms with van der Waals surface area (Å²) < 4.78 is 1.24. The number of benzene rings is 1. The first-order valence-corrected chi connectivity index (χ1v) is 5.76. The number of fused-ring (bicyclic) bond motifs is 1. The molecule has 0 nitrogen and oxygen atoms in total. The maximum atomic E-state index is 3.64. The van der Waals surface area contributed by atoms with Crippen LogP contribution in [0.5, 0.6) is 0 Å². The Balaban J connectivity index is 2.53. The van der Waals surface area contributed by atoms with Crippen molar-refractivity contribution in [3.05, 3.63) is 39.9 Å². The second-order valence-electron chi connectivity index (χ2n) is 4.95. The molecule has 0 aromatic heterocycles. The van der Waals surface area contributed by atoms with Crippen LogP contribution in [0, 0.1) is 5.41 Å². The predicted octanol–water partition coefficient (Wildman–Crippen LogP) is 4.61. The van der Waals surface area contributed by atoms with Crippen LogP contribution >= 0.6 is 15.9 Å². The highest BCUT2D eigenvalue weighted by Gasteiger charge is 2.29. The molecule has 1 heteroatoms. The third-order valence-corrected chi connectivity index (χ3v) is 3.49. The Bertz CT molecular complexity index is 383. The molecule has 0 amide bonds. The van der Waals surface area contributed by atoms with Gasteiger partial charge < -0.3 is 0 Å². The summed E-state index contributed by atoms with van der Waals surface area (Å²) in [4.78, 5) is 0. The van der Waals surface area contributed by atoms with E-state index in [1.165, 1.54) is 15.6 Å². The molecule has 14 heavy (non-hydrogen) atoms. The summed E-state index contributed by atoms with van der Waals surface area (Å²) in [6.45, 7) is 6.86. The van der Waals surface area contributed by atoms with Crippen molar-refractivity contribution in [1.82, 2.24) is 0 Å². The number of halogens is 1. The van der Waals surface area contributed by atoms with E-state index in [1.54, 1.807) is 0 Å². The van der Waals surface area contributed by atoms with E-state index >= 15 is 0 Å². The molecule has 1 aliphatic rings. The highest BCUT2D eigenvalue weighted by molar-refractivity contribution is 9.10. The first-order valence-electron chi connectivity index (χ1n) is 4.97. The van der Waals surface area contributed by atoms with Crippen LogP contribution in [0.3, 0.4) is 0 Å². The van der Waals surface area contributed by atoms with E-state index in [1.807, 2.05) is 0 Å². The van der Waals surface area contributed by atoms with Crippen LogP contribution in [0.4, 0.5) is 0 Å². The van der Waals surface area contributed by atoms with Gasteiger partial charge in [0.25, 0.3) is 0 Å². The van der Waals surface area contributed by atoms with E-state index in [9.17, 15) is 0 Å². The molecule has 1 aromatic carbocycles. The van der Waals surface area contributed by atoms with Gasteiger partial charge in [-0.1, -0.05) is 61.0 Å². The molecule has 2 rings (SSSR count). The Morgan fingerprint density at radius 3 is 2.57 bits per heavy atom. The predicted molar refractivity (Wildman–Crippen MR) is 65.4 cm³/mol. The second-order valence-corrected chi connectivity index (χ2v) is 5.80. The zero-order valence-corrected chi connectivity index (χ0v) is 10.4. The third-order valence-electron chi connectivity index (χ3n) is 2.80. The van der Waals surface area contributed by atoms with Gasteiger partial charge in [0.15, 0.2) is 0 Å². The van der Waals surface area contributed by atoms with Gasteiger partial charge in [-0.05, 0) is 22.6 Å². The van der Waals surface area contributed by atoms with Crippen molar-refractivity contribution in [2.75, 3.05) is 0 Å². The molecule has 0 radical (unpaired) electrons. The Morgan fingerprint density at radius 2 is 1.93 bits per heavy atom. The number of hydrogen-bond donors (Lipinski definition) is 0. The number of rotatable bonds is 0. The summed E-state index contributed by atoms with van der Waals surface area (Å²) in [5.41, 5.74) is 3.10. The fourth-order valence-electron chi connectivity index (χ4n) is 2.04. The summed E-state index contributed by atoms with van der Waals surface area (Å²) in [7, 11) is 0. The average Bonchev–Trinajstić information content (AvgIpc) is 2.47. The molecule has 0 bridgehead atoms. The fourth-order valence-corrected chi connectivity index (χ4v) is 2.67. The highest BCUT2D eigenvalue weighted by Crippen LogP contribution is 2.45. The standard InChI is InChI=1S/C13H15Br/c1-13(2,3)10-8-7-9-5-4-6-11(14)12(9)10/h4-8,10H,1-3H3. The normalized spacial score (nSPS) is 19.9. The average molecular weight is 251 g/mol. The van der Waals surface area contributed by atoms with Gasteiger partial charge in [0.2, 0.25) is 0 Å². The van der Waals surface area contributed by atoms with Gasteiger partial charge in [0, 0.05) is 10.4 Å². The molecule has 0 spiro atoms. The number of allylic oxidation sites excluding steroid dienone is 1. The summed E-state index contributed by atoms with van der Waals surface area (Å²) in [5.74, 6) is 0.535. The minimum Gasteiger partial charge on any atom is -0.0758 e. The van der Waals surface area contributed by atoms with E-state index in [0.717, 1.165) is 0 Å². The fraction of sp³-hybridized carbons (Fsp3) is 0.385. The SMILES string of the molecule is CC(C)(C)C1C=Cc2cccc(Br)c21. The molecule has 1 unspecified atom stereocenters. The molecule has 0 saturated carbocycles. The summed E-state index contributed by atoms with van der Waals surface area (Å²) in [5, 5.41) is 0. The van der Waals surface area contributed by atoms with Crippen LogP contribution in [-0.2, 0) is 0 Å². The largest absolute Gasteiger partial charge is 0.0758 e. The van der Waals surface area contributed by atoms with E-state index in [0.29, 0.717) is 11.3 Å². The van der Waals surface area contributed by atoms with Crippen LogP contribution in [0.2, 0.25) is 0 Å². The lowest BCUT2D eigenvalue weighted by molar-refractivity contribution is 0.369. The van der Waals surface area contributed by atoms with Crippen molar-refractivity contribution < 1.29 is 0 Å². The molecule has 0 N–H and O–H groups in total. The third kappa shape index (κ3) is 1.54. The van der Waals surface area contributed by atoms with Gasteiger partial charge in [-0.25, -0.2) is 0 Å². The van der Waals surface area contributed by atoms with Gasteiger partial charge in [0.05, 0.1) is 0 Å². The van der Waals surface area contributed by atoms with Gasteiger partial charge in [-0.2, -0.15) is 0 Å². The Hall–Kier alpha value is -0.560. The van der Waals surface area contributed by atoms with Crippen LogP contribution in [0.25, 0.3) is 6.08 Å². The smallest absolute Gasteiger partial charge is 0.0219 e. The molecule has 74 valence electrons. The minimum atomic E-state index is 0.297. The first-order chi connectivity index (χ1) is 6.50. The van der Waals surface area contributed by atoms with E-state index in [2.05, 4.69) is 67.1 Å². The van der Waals surface area contributed by atoms with E-state index < -0.39 is 0 Å². The Morgan fingerprint density at radius 1 is 1.21 bits per heavy atom. The molecule has 0 fully saturated rings. The molecule has 0 saturated heterocycles. The summed E-state index contributed by atoms with van der Waals surface area (Å²) in [6, 6.07) is 6.41. The molecule has 1 atom stereocenters. The van der Waals surface area contributed by atoms with Gasteiger partial charge >= 0.3 is 0 Å². The topological polar surface area (TPSA) is 0 Å². The summed E-state index contributed by atoms with van der Waals surface area (Å²) >= 11 is 3.64. The van der Waals surface area contributed by atoms with Crippen molar-refractivity contribution in [1.29, 1.82) is 0 Å². The van der Waals surface area contributed by atoms with Crippen molar-refractivity contribution in [3.8, 4) is 0 Å². The lowest BCUT2D eigenvalue weighted by atomic mass is 9.78. The van der Waals surface area contributed by atoms with Crippen LogP contribution in [0.15, 0.2) is 28.7 Å². The Labute approximate surface area is 94.2 Å². The van der Waals surface area contributed by atoms with Gasteiger partial charge in [0.1, 0.15) is 0 Å². The summed E-state index contributed by atoms with van der Waals surface area (Å²) in [6.07, 6.45) is 4.55. The van der Waals surface area contributed by atoms with Crippen LogP contribution < -0.4 is 0 Å². The van der Waals surface area contributed by atoms with Crippen LogP contribution in [-0.4, -0.2) is 0 Å². The lowest BCUT2D eigenvalue weighted by Gasteiger charge is -2.27. The second kappa shape index (κ2) is 3.23.